The van der Waals surface area contributed by atoms with E-state index in [1.54, 1.807) is 0 Å². The van der Waals surface area contributed by atoms with Crippen molar-refractivity contribution in [2.24, 2.45) is 4.99 Å². The average molecular weight is 363 g/mol. The molecule has 0 heterocycles. The first-order chi connectivity index (χ1) is 13.1. The Morgan fingerprint density at radius 3 is 1.93 bits per heavy atom. The topological polar surface area (TPSA) is 32.7 Å². The molecule has 2 aromatic rings. The molecule has 0 radical (unpaired) electrons. The molecule has 0 aliphatic carbocycles. The lowest BCUT2D eigenvalue weighted by atomic mass is 9.97. The number of amidine groups is 1. The molecule has 0 N–H and O–H groups in total. The second-order valence-corrected chi connectivity index (χ2v) is 6.69. The molecule has 0 bridgehead atoms. The summed E-state index contributed by atoms with van der Waals surface area (Å²) < 4.78 is 0. The summed E-state index contributed by atoms with van der Waals surface area (Å²) in [6.45, 7) is 6.15. The number of benzene rings is 2. The Morgan fingerprint density at radius 2 is 1.52 bits per heavy atom. The maximum Gasteiger partial charge on any atom is 0.147 e. The van der Waals surface area contributed by atoms with Crippen LogP contribution in [0, 0.1) is 0 Å². The average Bonchev–Trinajstić information content (AvgIpc) is 2.72. The summed E-state index contributed by atoms with van der Waals surface area (Å²) >= 11 is 0. The van der Waals surface area contributed by atoms with E-state index in [1.807, 2.05) is 19.1 Å². The number of hydrogen-bond donors (Lipinski definition) is 0. The molecular formula is C24H30N2O. The van der Waals surface area contributed by atoms with Crippen LogP contribution in [0.3, 0.4) is 0 Å². The molecule has 3 nitrogen and oxygen atoms in total. The van der Waals surface area contributed by atoms with E-state index >= 15 is 0 Å². The van der Waals surface area contributed by atoms with Gasteiger partial charge in [0.1, 0.15) is 12.1 Å². The summed E-state index contributed by atoms with van der Waals surface area (Å²) in [7, 11) is 2.07. The molecule has 27 heavy (non-hydrogen) atoms. The van der Waals surface area contributed by atoms with Crippen LogP contribution in [0.5, 0.6) is 0 Å². The molecule has 0 saturated carbocycles. The fourth-order valence-corrected chi connectivity index (χ4v) is 3.29. The highest BCUT2D eigenvalue weighted by Crippen LogP contribution is 2.28. The smallest absolute Gasteiger partial charge is 0.147 e. The molecule has 0 atom stereocenters. The van der Waals surface area contributed by atoms with Crippen molar-refractivity contribution in [2.45, 2.75) is 46.1 Å². The van der Waals surface area contributed by atoms with Crippen LogP contribution in [0.2, 0.25) is 0 Å². The Labute approximate surface area is 163 Å². The van der Waals surface area contributed by atoms with Crippen molar-refractivity contribution in [3.8, 4) is 0 Å². The van der Waals surface area contributed by atoms with Gasteiger partial charge in [0.2, 0.25) is 0 Å². The monoisotopic (exact) mass is 362 g/mol. The van der Waals surface area contributed by atoms with Crippen molar-refractivity contribution in [3.63, 3.8) is 0 Å². The molecule has 0 fully saturated rings. The molecule has 0 unspecified atom stereocenters. The number of carbonyl (C=O) groups is 1. The highest BCUT2D eigenvalue weighted by molar-refractivity contribution is 5.83. The number of rotatable bonds is 8. The van der Waals surface area contributed by atoms with E-state index in [9.17, 15) is 4.79 Å². The van der Waals surface area contributed by atoms with Gasteiger partial charge >= 0.3 is 0 Å². The van der Waals surface area contributed by atoms with Crippen LogP contribution in [-0.2, 0) is 4.79 Å². The third-order valence-electron chi connectivity index (χ3n) is 4.79. The lowest BCUT2D eigenvalue weighted by Crippen LogP contribution is -2.30. The van der Waals surface area contributed by atoms with Gasteiger partial charge in [0.15, 0.2) is 0 Å². The minimum atomic E-state index is 0.0695. The van der Waals surface area contributed by atoms with Crippen molar-refractivity contribution in [1.29, 1.82) is 0 Å². The molecule has 2 rings (SSSR count). The Kier molecular flexibility index (Phi) is 8.00. The van der Waals surface area contributed by atoms with Gasteiger partial charge in [0, 0.05) is 18.3 Å². The first-order valence-corrected chi connectivity index (χ1v) is 9.67. The molecule has 142 valence electrons. The number of hydrogen-bond acceptors (Lipinski definition) is 2. The summed E-state index contributed by atoms with van der Waals surface area (Å²) in [6, 6.07) is 21.0. The lowest BCUT2D eigenvalue weighted by molar-refractivity contribution is -0.105. The van der Waals surface area contributed by atoms with E-state index in [-0.39, 0.29) is 6.04 Å². The fourth-order valence-electron chi connectivity index (χ4n) is 3.29. The number of carbonyl (C=O) groups excluding carboxylic acids is 1. The molecule has 3 heteroatoms. The van der Waals surface area contributed by atoms with Crippen molar-refractivity contribution < 1.29 is 4.79 Å². The quantitative estimate of drug-likeness (QED) is 0.258. The van der Waals surface area contributed by atoms with Gasteiger partial charge in [-0.15, -0.1) is 0 Å². The van der Waals surface area contributed by atoms with Gasteiger partial charge in [0.25, 0.3) is 0 Å². The largest absolute Gasteiger partial charge is 0.352 e. The summed E-state index contributed by atoms with van der Waals surface area (Å²) in [6.07, 6.45) is 3.43. The molecule has 2 aromatic carbocycles. The molecule has 0 aliphatic rings. The highest BCUT2D eigenvalue weighted by atomic mass is 16.1. The highest BCUT2D eigenvalue weighted by Gasteiger charge is 2.20. The lowest BCUT2D eigenvalue weighted by Gasteiger charge is -2.31. The number of allylic oxidation sites excluding steroid dienone is 2. The molecule has 0 amide bonds. The van der Waals surface area contributed by atoms with Gasteiger partial charge in [-0.2, -0.15) is 0 Å². The van der Waals surface area contributed by atoms with Gasteiger partial charge in [-0.25, -0.2) is 4.99 Å². The van der Waals surface area contributed by atoms with E-state index in [0.29, 0.717) is 0 Å². The Balaban J connectivity index is 2.45. The second-order valence-electron chi connectivity index (χ2n) is 6.69. The van der Waals surface area contributed by atoms with E-state index in [0.717, 1.165) is 42.7 Å². The first-order valence-electron chi connectivity index (χ1n) is 9.67. The van der Waals surface area contributed by atoms with Crippen LogP contribution < -0.4 is 0 Å². The summed E-state index contributed by atoms with van der Waals surface area (Å²) in [5.74, 6) is 0.903. The maximum absolute atomic E-state index is 11.5. The predicted octanol–water partition coefficient (Wildman–Crippen LogP) is 5.79. The zero-order valence-corrected chi connectivity index (χ0v) is 16.9. The predicted molar refractivity (Wildman–Crippen MR) is 114 cm³/mol. The zero-order valence-electron chi connectivity index (χ0n) is 16.9. The fraction of sp³-hybridized carbons (Fsp3) is 0.333. The van der Waals surface area contributed by atoms with Crippen LogP contribution in [0.1, 0.15) is 57.2 Å². The van der Waals surface area contributed by atoms with Gasteiger partial charge in [-0.1, -0.05) is 80.9 Å². The summed E-state index contributed by atoms with van der Waals surface area (Å²) in [4.78, 5) is 18.5. The van der Waals surface area contributed by atoms with Crippen LogP contribution in [0.15, 0.2) is 76.9 Å². The number of aldehydes is 1. The van der Waals surface area contributed by atoms with E-state index < -0.39 is 0 Å². The third-order valence-corrected chi connectivity index (χ3v) is 4.79. The van der Waals surface area contributed by atoms with Gasteiger partial charge in [-0.05, 0) is 30.9 Å². The maximum atomic E-state index is 11.5. The van der Waals surface area contributed by atoms with Crippen molar-refractivity contribution >= 4 is 12.1 Å². The van der Waals surface area contributed by atoms with Crippen LogP contribution in [0.4, 0.5) is 0 Å². The molecule has 0 aromatic heterocycles. The van der Waals surface area contributed by atoms with E-state index in [2.05, 4.69) is 74.3 Å². The SMILES string of the molecule is CCC/C(C=O)=C(\CC)N=C(C)N(C)C(c1ccccc1)c1ccccc1. The Bertz CT molecular complexity index is 739. The zero-order chi connectivity index (χ0) is 19.6. The van der Waals surface area contributed by atoms with Gasteiger partial charge < -0.3 is 4.90 Å². The molecule has 0 saturated heterocycles. The summed E-state index contributed by atoms with van der Waals surface area (Å²) in [5.41, 5.74) is 4.12. The Morgan fingerprint density at radius 1 is 1.00 bits per heavy atom. The normalized spacial score (nSPS) is 12.7. The van der Waals surface area contributed by atoms with Crippen LogP contribution in [-0.4, -0.2) is 24.1 Å². The van der Waals surface area contributed by atoms with Gasteiger partial charge in [0.05, 0.1) is 6.04 Å². The molecular weight excluding hydrogens is 332 g/mol. The molecule has 0 aliphatic heterocycles. The minimum absolute atomic E-state index is 0.0695. The van der Waals surface area contributed by atoms with Crippen LogP contribution >= 0.6 is 0 Å². The van der Waals surface area contributed by atoms with E-state index in [1.165, 1.54) is 11.1 Å². The molecule has 0 spiro atoms. The van der Waals surface area contributed by atoms with E-state index in [4.69, 9.17) is 4.99 Å². The number of aliphatic imine (C=N–C) groups is 1. The Hall–Kier alpha value is -2.68. The van der Waals surface area contributed by atoms with Crippen molar-refractivity contribution in [3.05, 3.63) is 83.1 Å². The number of nitrogens with zero attached hydrogens (tertiary/aromatic N) is 2. The first kappa shape index (κ1) is 20.6. The second kappa shape index (κ2) is 10.5. The minimum Gasteiger partial charge on any atom is -0.352 e. The third kappa shape index (κ3) is 5.40. The van der Waals surface area contributed by atoms with Crippen LogP contribution in [0.25, 0.3) is 0 Å². The van der Waals surface area contributed by atoms with Crippen molar-refractivity contribution in [1.82, 2.24) is 4.90 Å². The summed E-state index contributed by atoms with van der Waals surface area (Å²) in [5, 5.41) is 0. The van der Waals surface area contributed by atoms with Gasteiger partial charge in [-0.3, -0.25) is 4.79 Å². The standard InChI is InChI=1S/C24H30N2O/c1-5-13-22(18-27)23(6-2)25-19(3)26(4)24(20-14-9-7-10-15-20)21-16-11-8-12-17-21/h7-12,14-18,24H,5-6,13H2,1-4H3/b23-22-,25-19?. The van der Waals surface area contributed by atoms with Crippen molar-refractivity contribution in [2.75, 3.05) is 7.05 Å².